The molecule has 0 aliphatic heterocycles. The number of methoxy groups -OCH3 is 1. The summed E-state index contributed by atoms with van der Waals surface area (Å²) in [5.74, 6) is 2.47. The lowest BCUT2D eigenvalue weighted by atomic mass is 10.2. The Morgan fingerprint density at radius 3 is 2.67 bits per heavy atom. The molecule has 0 aliphatic carbocycles. The van der Waals surface area contributed by atoms with E-state index in [1.54, 1.807) is 25.6 Å². The van der Waals surface area contributed by atoms with Crippen LogP contribution < -0.4 is 10.1 Å². The van der Waals surface area contributed by atoms with Gasteiger partial charge in [-0.1, -0.05) is 11.8 Å². The molecule has 0 saturated carbocycles. The van der Waals surface area contributed by atoms with Crippen LogP contribution in [0, 0.1) is 6.92 Å². The van der Waals surface area contributed by atoms with Gasteiger partial charge >= 0.3 is 0 Å². The summed E-state index contributed by atoms with van der Waals surface area (Å²) in [4.78, 5) is 21.8. The Labute approximate surface area is 144 Å². The zero-order valence-electron chi connectivity index (χ0n) is 13.5. The smallest absolute Gasteiger partial charge is 0.213 e. The van der Waals surface area contributed by atoms with Gasteiger partial charge in [-0.15, -0.1) is 0 Å². The first-order valence-corrected chi connectivity index (χ1v) is 8.41. The minimum atomic E-state index is 0.555. The summed E-state index contributed by atoms with van der Waals surface area (Å²) in [5, 5.41) is 3.92. The molecule has 0 atom stereocenters. The zero-order chi connectivity index (χ0) is 16.9. The van der Waals surface area contributed by atoms with E-state index >= 15 is 0 Å². The molecule has 7 nitrogen and oxygen atoms in total. The lowest BCUT2D eigenvalue weighted by Crippen LogP contribution is -2.02. The quantitative estimate of drug-likeness (QED) is 0.709. The molecule has 0 spiro atoms. The molecule has 122 valence electrons. The molecule has 3 aromatic rings. The lowest BCUT2D eigenvalue weighted by Gasteiger charge is -2.11. The number of ether oxygens (including phenoxy) is 1. The summed E-state index contributed by atoms with van der Waals surface area (Å²) in [7, 11) is 1.58. The molecule has 0 unspecified atom stereocenters. The summed E-state index contributed by atoms with van der Waals surface area (Å²) in [5.41, 5.74) is 1.60. The normalized spacial score (nSPS) is 10.5. The number of aromatic nitrogens is 5. The first kappa shape index (κ1) is 16.1. The number of thioether (sulfide) groups is 1. The molecule has 0 amide bonds. The number of nitrogens with one attached hydrogen (secondary N) is 1. The van der Waals surface area contributed by atoms with E-state index in [1.165, 1.54) is 11.8 Å². The molecule has 3 heterocycles. The van der Waals surface area contributed by atoms with Gasteiger partial charge < -0.3 is 10.1 Å². The Morgan fingerprint density at radius 2 is 1.96 bits per heavy atom. The highest BCUT2D eigenvalue weighted by Crippen LogP contribution is 2.27. The highest BCUT2D eigenvalue weighted by molar-refractivity contribution is 7.98. The van der Waals surface area contributed by atoms with Crippen molar-refractivity contribution in [3.8, 4) is 17.3 Å². The van der Waals surface area contributed by atoms with Crippen LogP contribution in [0.25, 0.3) is 11.4 Å². The van der Waals surface area contributed by atoms with E-state index in [2.05, 4.69) is 30.2 Å². The maximum absolute atomic E-state index is 5.07. The third kappa shape index (κ3) is 3.60. The predicted octanol–water partition coefficient (Wildman–Crippen LogP) is 3.11. The maximum Gasteiger partial charge on any atom is 0.213 e. The number of hydrogen-bond donors (Lipinski definition) is 1. The number of pyridine rings is 2. The van der Waals surface area contributed by atoms with Crippen LogP contribution in [0.5, 0.6) is 5.88 Å². The van der Waals surface area contributed by atoms with Crippen molar-refractivity contribution in [1.82, 2.24) is 24.9 Å². The second kappa shape index (κ2) is 7.22. The summed E-state index contributed by atoms with van der Waals surface area (Å²) in [6.45, 7) is 1.85. The first-order chi connectivity index (χ1) is 11.7. The highest BCUT2D eigenvalue weighted by Gasteiger charge is 2.12. The SMILES string of the molecule is COc1ccc(Nc2ncccc2-c2nc(C)nc(SC)n2)cn1. The monoisotopic (exact) mass is 340 g/mol. The molecule has 8 heteroatoms. The molecule has 0 bridgehead atoms. The Balaban J connectivity index is 1.97. The molecule has 3 aromatic heterocycles. The maximum atomic E-state index is 5.07. The molecule has 0 saturated heterocycles. The number of nitrogens with zero attached hydrogens (tertiary/aromatic N) is 5. The van der Waals surface area contributed by atoms with Crippen LogP contribution in [0.2, 0.25) is 0 Å². The molecule has 24 heavy (non-hydrogen) atoms. The number of hydrogen-bond acceptors (Lipinski definition) is 8. The molecular formula is C16H16N6OS. The second-order valence-electron chi connectivity index (χ2n) is 4.81. The first-order valence-electron chi connectivity index (χ1n) is 7.18. The van der Waals surface area contributed by atoms with E-state index in [4.69, 9.17) is 4.74 Å². The van der Waals surface area contributed by atoms with Crippen molar-refractivity contribution < 1.29 is 4.74 Å². The van der Waals surface area contributed by atoms with Crippen molar-refractivity contribution in [2.24, 2.45) is 0 Å². The van der Waals surface area contributed by atoms with Crippen molar-refractivity contribution >= 4 is 23.3 Å². The van der Waals surface area contributed by atoms with Gasteiger partial charge in [0, 0.05) is 12.3 Å². The van der Waals surface area contributed by atoms with Crippen molar-refractivity contribution in [2.45, 2.75) is 12.1 Å². The minimum Gasteiger partial charge on any atom is -0.481 e. The molecule has 0 radical (unpaired) electrons. The fourth-order valence-corrected chi connectivity index (χ4v) is 2.47. The van der Waals surface area contributed by atoms with Gasteiger partial charge in [-0.05, 0) is 31.4 Å². The van der Waals surface area contributed by atoms with Gasteiger partial charge in [0.2, 0.25) is 5.88 Å². The fourth-order valence-electron chi connectivity index (χ4n) is 2.07. The van der Waals surface area contributed by atoms with Gasteiger partial charge in [0.05, 0.1) is 24.6 Å². The van der Waals surface area contributed by atoms with Crippen LogP contribution in [-0.2, 0) is 0 Å². The Bertz CT molecular complexity index is 840. The van der Waals surface area contributed by atoms with Gasteiger partial charge in [0.15, 0.2) is 11.0 Å². The third-order valence-electron chi connectivity index (χ3n) is 3.17. The summed E-state index contributed by atoms with van der Waals surface area (Å²) < 4.78 is 5.07. The molecule has 0 fully saturated rings. The van der Waals surface area contributed by atoms with Crippen LogP contribution in [0.1, 0.15) is 5.82 Å². The summed E-state index contributed by atoms with van der Waals surface area (Å²) >= 11 is 1.48. The topological polar surface area (TPSA) is 85.7 Å². The van der Waals surface area contributed by atoms with Gasteiger partial charge in [-0.25, -0.2) is 24.9 Å². The molecule has 3 rings (SSSR count). The van der Waals surface area contributed by atoms with Gasteiger partial charge in [-0.3, -0.25) is 0 Å². The largest absolute Gasteiger partial charge is 0.481 e. The van der Waals surface area contributed by atoms with E-state index in [0.29, 0.717) is 28.5 Å². The van der Waals surface area contributed by atoms with Crippen molar-refractivity contribution in [3.05, 3.63) is 42.5 Å². The predicted molar refractivity (Wildman–Crippen MR) is 93.6 cm³/mol. The van der Waals surface area contributed by atoms with E-state index < -0.39 is 0 Å². The second-order valence-corrected chi connectivity index (χ2v) is 5.58. The van der Waals surface area contributed by atoms with Crippen molar-refractivity contribution in [1.29, 1.82) is 0 Å². The Morgan fingerprint density at radius 1 is 1.08 bits per heavy atom. The Hall–Kier alpha value is -2.74. The van der Waals surface area contributed by atoms with Gasteiger partial charge in [-0.2, -0.15) is 0 Å². The third-order valence-corrected chi connectivity index (χ3v) is 3.71. The highest BCUT2D eigenvalue weighted by atomic mass is 32.2. The number of rotatable bonds is 5. The fraction of sp³-hybridized carbons (Fsp3) is 0.188. The zero-order valence-corrected chi connectivity index (χ0v) is 14.3. The van der Waals surface area contributed by atoms with Crippen LogP contribution in [0.4, 0.5) is 11.5 Å². The lowest BCUT2D eigenvalue weighted by molar-refractivity contribution is 0.398. The Kier molecular flexibility index (Phi) is 4.85. The molecule has 0 aliphatic rings. The van der Waals surface area contributed by atoms with Crippen LogP contribution in [0.3, 0.4) is 0 Å². The van der Waals surface area contributed by atoms with E-state index in [-0.39, 0.29) is 0 Å². The van der Waals surface area contributed by atoms with E-state index in [9.17, 15) is 0 Å². The number of anilines is 2. The standard InChI is InChI=1S/C16H16N6OS/c1-10-19-15(22-16(20-10)24-3)12-5-4-8-17-14(12)21-11-6-7-13(23-2)18-9-11/h4-9H,1-3H3,(H,17,21). The molecule has 1 N–H and O–H groups in total. The van der Waals surface area contributed by atoms with Crippen molar-refractivity contribution in [3.63, 3.8) is 0 Å². The van der Waals surface area contributed by atoms with Gasteiger partial charge in [0.25, 0.3) is 0 Å². The van der Waals surface area contributed by atoms with E-state index in [0.717, 1.165) is 11.3 Å². The molecule has 0 aromatic carbocycles. The average Bonchev–Trinajstić information content (AvgIpc) is 2.62. The van der Waals surface area contributed by atoms with Gasteiger partial charge in [0.1, 0.15) is 11.6 Å². The summed E-state index contributed by atoms with van der Waals surface area (Å²) in [6.07, 6.45) is 5.33. The number of aryl methyl sites for hydroxylation is 1. The van der Waals surface area contributed by atoms with Crippen LogP contribution >= 0.6 is 11.8 Å². The summed E-state index contributed by atoms with van der Waals surface area (Å²) in [6, 6.07) is 7.43. The average molecular weight is 340 g/mol. The molecular weight excluding hydrogens is 324 g/mol. The van der Waals surface area contributed by atoms with Crippen LogP contribution in [0.15, 0.2) is 41.8 Å². The van der Waals surface area contributed by atoms with Crippen molar-refractivity contribution in [2.75, 3.05) is 18.7 Å². The minimum absolute atomic E-state index is 0.555. The van der Waals surface area contributed by atoms with Crippen LogP contribution in [-0.4, -0.2) is 38.3 Å². The van der Waals surface area contributed by atoms with E-state index in [1.807, 2.05) is 31.4 Å².